The summed E-state index contributed by atoms with van der Waals surface area (Å²) in [4.78, 5) is 9.53. The molecule has 1 N–H and O–H groups in total. The van der Waals surface area contributed by atoms with Crippen LogP contribution in [0.1, 0.15) is 0 Å². The Labute approximate surface area is 148 Å². The molecule has 0 atom stereocenters. The van der Waals surface area contributed by atoms with Crippen LogP contribution in [-0.2, 0) is 4.57 Å². The summed E-state index contributed by atoms with van der Waals surface area (Å²) in [6, 6.07) is 16.7. The second kappa shape index (κ2) is 7.45. The average molecular weight is 289 g/mol. The Bertz CT molecular complexity index is 473. The van der Waals surface area contributed by atoms with Gasteiger partial charge in [-0.2, -0.15) is 0 Å². The molecule has 0 spiro atoms. The van der Waals surface area contributed by atoms with Crippen LogP contribution in [0.4, 0.5) is 0 Å². The Kier molecular flexibility index (Phi) is 6.59. The van der Waals surface area contributed by atoms with Crippen LogP contribution in [0.5, 0.6) is 11.5 Å². The van der Waals surface area contributed by atoms with Gasteiger partial charge in [0.2, 0.25) is 0 Å². The van der Waals surface area contributed by atoms with Gasteiger partial charge in [0, 0.05) is 51.4 Å². The minimum absolute atomic E-state index is 0. The van der Waals surface area contributed by atoms with Gasteiger partial charge in [-0.15, -0.1) is 0 Å². The van der Waals surface area contributed by atoms with Crippen LogP contribution in [-0.4, -0.2) is 56.3 Å². The van der Waals surface area contributed by atoms with Gasteiger partial charge in [0.05, 0.1) is 0 Å². The van der Waals surface area contributed by atoms with Crippen LogP contribution in [0.3, 0.4) is 0 Å². The Hall–Kier alpha value is -0.134. The smallest absolute Gasteiger partial charge is 0.395 e. The summed E-state index contributed by atoms with van der Waals surface area (Å²) >= 11 is 0. The van der Waals surface area contributed by atoms with Gasteiger partial charge < -0.3 is 9.05 Å². The van der Waals surface area contributed by atoms with Crippen molar-refractivity contribution in [3.05, 3.63) is 60.7 Å². The molecule has 4 nitrogen and oxygen atoms in total. The van der Waals surface area contributed by atoms with E-state index < -0.39 is 7.82 Å². The van der Waals surface area contributed by atoms with Gasteiger partial charge in [0.1, 0.15) is 11.5 Å². The van der Waals surface area contributed by atoms with Gasteiger partial charge >= 0.3 is 7.82 Å². The SMILES string of the molecule is O=P(O)(Oc1ccccc1)Oc1ccccc1.[K]. The number of hydrogen-bond donors (Lipinski definition) is 1. The Morgan fingerprint density at radius 2 is 1.11 bits per heavy atom. The molecule has 0 fully saturated rings. The summed E-state index contributed by atoms with van der Waals surface area (Å²) < 4.78 is 21.5. The largest absolute Gasteiger partial charge is 0.584 e. The molecule has 2 aromatic carbocycles. The van der Waals surface area contributed by atoms with E-state index in [1.807, 2.05) is 0 Å². The van der Waals surface area contributed by atoms with E-state index >= 15 is 0 Å². The summed E-state index contributed by atoms with van der Waals surface area (Å²) in [5.41, 5.74) is 0. The first kappa shape index (κ1) is 15.9. The van der Waals surface area contributed by atoms with Crippen LogP contribution < -0.4 is 9.05 Å². The van der Waals surface area contributed by atoms with Crippen LogP contribution in [0.25, 0.3) is 0 Å². The zero-order chi connectivity index (χ0) is 12.1. The molecular formula is C12H11KO4P. The van der Waals surface area contributed by atoms with E-state index in [2.05, 4.69) is 0 Å². The second-order valence-corrected chi connectivity index (χ2v) is 4.58. The molecule has 2 rings (SSSR count). The number of para-hydroxylation sites is 2. The predicted molar refractivity (Wildman–Crippen MR) is 69.7 cm³/mol. The first-order valence-corrected chi connectivity index (χ1v) is 6.47. The summed E-state index contributed by atoms with van der Waals surface area (Å²) in [6.07, 6.45) is 0. The van der Waals surface area contributed by atoms with Crippen molar-refractivity contribution in [3.8, 4) is 11.5 Å². The number of phosphoric ester groups is 1. The van der Waals surface area contributed by atoms with E-state index in [1.165, 1.54) is 0 Å². The molecule has 0 saturated heterocycles. The molecule has 0 aliphatic rings. The first-order chi connectivity index (χ1) is 8.16. The van der Waals surface area contributed by atoms with Crippen LogP contribution in [0.2, 0.25) is 0 Å². The molecule has 0 bridgehead atoms. The van der Waals surface area contributed by atoms with E-state index in [4.69, 9.17) is 9.05 Å². The van der Waals surface area contributed by atoms with Crippen LogP contribution >= 0.6 is 7.82 Å². The Balaban J connectivity index is 0.00000162. The summed E-state index contributed by atoms with van der Waals surface area (Å²) in [7, 11) is -4.14. The maximum Gasteiger partial charge on any atom is 0.584 e. The molecule has 89 valence electrons. The van der Waals surface area contributed by atoms with Crippen molar-refractivity contribution in [1.29, 1.82) is 0 Å². The molecule has 0 saturated carbocycles. The molecule has 0 heterocycles. The van der Waals surface area contributed by atoms with E-state index in [-0.39, 0.29) is 62.9 Å². The molecule has 1 radical (unpaired) electrons. The molecule has 0 aliphatic heterocycles. The molecule has 6 heteroatoms. The molecule has 2 aromatic rings. The molecule has 0 amide bonds. The van der Waals surface area contributed by atoms with Gasteiger partial charge in [-0.3, -0.25) is 4.89 Å². The third-order valence-corrected chi connectivity index (χ3v) is 2.81. The maximum atomic E-state index is 11.7. The van der Waals surface area contributed by atoms with Crippen molar-refractivity contribution in [1.82, 2.24) is 0 Å². The quantitative estimate of drug-likeness (QED) is 0.694. The Morgan fingerprint density at radius 3 is 1.44 bits per heavy atom. The van der Waals surface area contributed by atoms with Crippen LogP contribution in [0, 0.1) is 0 Å². The summed E-state index contributed by atoms with van der Waals surface area (Å²) in [5.74, 6) is 0.573. The minimum Gasteiger partial charge on any atom is -0.395 e. The van der Waals surface area contributed by atoms with Gasteiger partial charge in [-0.1, -0.05) is 36.4 Å². The van der Waals surface area contributed by atoms with Crippen molar-refractivity contribution in [2.45, 2.75) is 0 Å². The van der Waals surface area contributed by atoms with Gasteiger partial charge in [0.15, 0.2) is 0 Å². The van der Waals surface area contributed by atoms with Crippen molar-refractivity contribution < 1.29 is 18.5 Å². The summed E-state index contributed by atoms with van der Waals surface area (Å²) in [5, 5.41) is 0. The number of benzene rings is 2. The third-order valence-electron chi connectivity index (χ3n) is 1.93. The van der Waals surface area contributed by atoms with E-state index in [9.17, 15) is 9.46 Å². The molecule has 0 unspecified atom stereocenters. The number of rotatable bonds is 4. The predicted octanol–water partition coefficient (Wildman–Crippen LogP) is 2.86. The fraction of sp³-hybridized carbons (Fsp3) is 0. The van der Waals surface area contributed by atoms with Crippen LogP contribution in [0.15, 0.2) is 60.7 Å². The zero-order valence-electron chi connectivity index (χ0n) is 9.89. The molecule has 18 heavy (non-hydrogen) atoms. The minimum atomic E-state index is -4.14. The first-order valence-electron chi connectivity index (χ1n) is 4.98. The molecular weight excluding hydrogens is 278 g/mol. The van der Waals surface area contributed by atoms with Crippen molar-refractivity contribution in [2.75, 3.05) is 0 Å². The monoisotopic (exact) mass is 289 g/mol. The fourth-order valence-electron chi connectivity index (χ4n) is 1.25. The maximum absolute atomic E-state index is 11.7. The topological polar surface area (TPSA) is 55.8 Å². The summed E-state index contributed by atoms with van der Waals surface area (Å²) in [6.45, 7) is 0. The third kappa shape index (κ3) is 5.24. The zero-order valence-corrected chi connectivity index (χ0v) is 13.9. The van der Waals surface area contributed by atoms with Crippen molar-refractivity contribution >= 4 is 59.2 Å². The number of phosphoric acid groups is 1. The second-order valence-electron chi connectivity index (χ2n) is 3.28. The van der Waals surface area contributed by atoms with Gasteiger partial charge in [-0.25, -0.2) is 4.57 Å². The average Bonchev–Trinajstić information content (AvgIpc) is 2.30. The van der Waals surface area contributed by atoms with Gasteiger partial charge in [-0.05, 0) is 24.3 Å². The van der Waals surface area contributed by atoms with E-state index in [1.54, 1.807) is 60.7 Å². The standard InChI is InChI=1S/C12H11O4P.K/c13-17(14,15-11-7-3-1-4-8-11)16-12-9-5-2-6-10-12;/h1-10H,(H,13,14);. The Morgan fingerprint density at radius 1 is 0.778 bits per heavy atom. The molecule has 0 aromatic heterocycles. The normalized spacial score (nSPS) is 10.3. The van der Waals surface area contributed by atoms with Crippen molar-refractivity contribution in [2.24, 2.45) is 0 Å². The van der Waals surface area contributed by atoms with Crippen molar-refractivity contribution in [3.63, 3.8) is 0 Å². The molecule has 0 aliphatic carbocycles. The fourth-order valence-corrected chi connectivity index (χ4v) is 2.06. The van der Waals surface area contributed by atoms with Gasteiger partial charge in [0.25, 0.3) is 0 Å². The van der Waals surface area contributed by atoms with E-state index in [0.29, 0.717) is 0 Å². The number of hydrogen-bond acceptors (Lipinski definition) is 3. The van der Waals surface area contributed by atoms with E-state index in [0.717, 1.165) is 0 Å².